The van der Waals surface area contributed by atoms with Crippen LogP contribution < -0.4 is 8.97 Å². The Morgan fingerprint density at radius 3 is 1.90 bits per heavy atom. The van der Waals surface area contributed by atoms with Crippen LogP contribution in [0.1, 0.15) is 5.56 Å². The maximum Gasteiger partial charge on any atom is 0.456 e. The number of hydrogen-bond donors (Lipinski definition) is 0. The van der Waals surface area contributed by atoms with E-state index >= 15 is 0 Å². The second-order valence-corrected chi connectivity index (χ2v) is 9.98. The summed E-state index contributed by atoms with van der Waals surface area (Å²) >= 11 is 0. The van der Waals surface area contributed by atoms with E-state index in [-0.39, 0.29) is 0 Å². The number of aromatic nitrogens is 2. The van der Waals surface area contributed by atoms with E-state index in [1.54, 1.807) is 0 Å². The van der Waals surface area contributed by atoms with Crippen LogP contribution >= 0.6 is 0 Å². The van der Waals surface area contributed by atoms with Gasteiger partial charge in [-0.05, 0) is 52.9 Å². The molecule has 0 saturated heterocycles. The minimum absolute atomic E-state index is 1.10. The molecule has 4 aromatic carbocycles. The fourth-order valence-electron chi connectivity index (χ4n) is 5.59. The van der Waals surface area contributed by atoms with Crippen molar-refractivity contribution in [2.24, 2.45) is 0 Å². The monoisotopic (exact) mass is 500 g/mol. The van der Waals surface area contributed by atoms with Gasteiger partial charge in [0, 0.05) is 35.2 Å². The van der Waals surface area contributed by atoms with Gasteiger partial charge in [-0.15, -0.1) is 8.97 Å². The highest BCUT2D eigenvalue weighted by Crippen LogP contribution is 2.30. The van der Waals surface area contributed by atoms with Crippen LogP contribution in [0.3, 0.4) is 0 Å². The summed E-state index contributed by atoms with van der Waals surface area (Å²) in [7, 11) is 0. The van der Waals surface area contributed by atoms with Crippen molar-refractivity contribution in [2.45, 2.75) is 6.92 Å². The molecule has 0 aliphatic heterocycles. The molecule has 184 valence electrons. The van der Waals surface area contributed by atoms with E-state index in [9.17, 15) is 0 Å². The molecule has 0 amide bonds. The zero-order chi connectivity index (χ0) is 26.2. The highest BCUT2D eigenvalue weighted by molar-refractivity contribution is 5.94. The van der Waals surface area contributed by atoms with Crippen LogP contribution in [0.15, 0.2) is 152 Å². The summed E-state index contributed by atoms with van der Waals surface area (Å²) in [6, 6.07) is 49.9. The number of fused-ring (bicyclic) bond motifs is 3. The molecule has 0 aliphatic rings. The van der Waals surface area contributed by atoms with Gasteiger partial charge in [-0.3, -0.25) is 0 Å². The van der Waals surface area contributed by atoms with Crippen LogP contribution in [0.2, 0.25) is 0 Å². The van der Waals surface area contributed by atoms with Gasteiger partial charge in [-0.25, -0.2) is 0 Å². The van der Waals surface area contributed by atoms with Crippen molar-refractivity contribution in [3.63, 3.8) is 0 Å². The van der Waals surface area contributed by atoms with Crippen LogP contribution in [0, 0.1) is 6.92 Å². The summed E-state index contributed by atoms with van der Waals surface area (Å²) in [6.07, 6.45) is 4.37. The molecule has 0 radical (unpaired) electrons. The Hall–Kier alpha value is -5.08. The van der Waals surface area contributed by atoms with E-state index in [1.807, 2.05) is 0 Å². The first-order valence-electron chi connectivity index (χ1n) is 13.4. The summed E-state index contributed by atoms with van der Waals surface area (Å²) in [6.45, 7) is 2.22. The van der Waals surface area contributed by atoms with E-state index in [2.05, 4.69) is 168 Å². The molecule has 3 aromatic heterocycles. The Balaban J connectivity index is 1.50. The third kappa shape index (κ3) is 4.17. The first-order valence-corrected chi connectivity index (χ1v) is 13.4. The quantitative estimate of drug-likeness (QED) is 0.170. The molecule has 3 heterocycles. The minimum atomic E-state index is 1.10. The molecule has 7 rings (SSSR count). The maximum absolute atomic E-state index is 2.33. The predicted molar refractivity (Wildman–Crippen MR) is 160 cm³/mol. The van der Waals surface area contributed by atoms with Gasteiger partial charge in [0.1, 0.15) is 0 Å². The summed E-state index contributed by atoms with van der Waals surface area (Å²) in [4.78, 5) is 0. The number of hydrogen-bond acceptors (Lipinski definition) is 0. The SMILES string of the molecule is Cc1cc(-c2ccccc2)ccc1-c1cc(-c2ccccc2)cc[n+]1-c1cc2ccccc2c2cccc[n+]12. The van der Waals surface area contributed by atoms with Crippen molar-refractivity contribution in [3.8, 4) is 39.3 Å². The molecular formula is C37H28N2+2. The topological polar surface area (TPSA) is 7.98 Å². The molecule has 2 heteroatoms. The molecule has 0 atom stereocenters. The molecule has 0 fully saturated rings. The van der Waals surface area contributed by atoms with E-state index in [1.165, 1.54) is 49.7 Å². The second kappa shape index (κ2) is 9.66. The molecular weight excluding hydrogens is 472 g/mol. The van der Waals surface area contributed by atoms with Crippen LogP contribution in [-0.2, 0) is 0 Å². The molecule has 0 saturated carbocycles. The average molecular weight is 501 g/mol. The smallest absolute Gasteiger partial charge is 0.103 e. The summed E-state index contributed by atoms with van der Waals surface area (Å²) in [5.74, 6) is 1.10. The van der Waals surface area contributed by atoms with Gasteiger partial charge in [0.15, 0.2) is 12.4 Å². The second-order valence-electron chi connectivity index (χ2n) is 9.98. The highest BCUT2D eigenvalue weighted by Gasteiger charge is 2.28. The fraction of sp³-hybridized carbons (Fsp3) is 0.0270. The van der Waals surface area contributed by atoms with E-state index in [4.69, 9.17) is 0 Å². The number of benzene rings is 4. The molecule has 0 aliphatic carbocycles. The molecule has 0 N–H and O–H groups in total. The van der Waals surface area contributed by atoms with Crippen molar-refractivity contribution < 1.29 is 8.97 Å². The van der Waals surface area contributed by atoms with Gasteiger partial charge in [0.05, 0.1) is 11.5 Å². The lowest BCUT2D eigenvalue weighted by Gasteiger charge is -2.10. The summed E-state index contributed by atoms with van der Waals surface area (Å²) in [5.41, 5.74) is 9.66. The number of rotatable bonds is 4. The number of pyridine rings is 3. The molecule has 0 spiro atoms. The van der Waals surface area contributed by atoms with Crippen molar-refractivity contribution in [2.75, 3.05) is 0 Å². The molecule has 0 unspecified atom stereocenters. The van der Waals surface area contributed by atoms with Crippen molar-refractivity contribution in [1.82, 2.24) is 0 Å². The Morgan fingerprint density at radius 2 is 1.15 bits per heavy atom. The lowest BCUT2D eigenvalue weighted by molar-refractivity contribution is -0.700. The number of nitrogens with zero attached hydrogens (tertiary/aromatic N) is 2. The van der Waals surface area contributed by atoms with E-state index in [0.29, 0.717) is 0 Å². The zero-order valence-electron chi connectivity index (χ0n) is 21.8. The standard InChI is InChI=1S/C37H28N2/c1-27-24-30(28-12-4-2-5-13-28)19-20-33(27)36-25-31(29-14-6-3-7-15-29)21-23-39(36)37-26-32-16-8-9-17-34(32)35-18-10-11-22-38(35)37/h2-26H,1H3/q+2. The zero-order valence-corrected chi connectivity index (χ0v) is 21.8. The number of aryl methyl sites for hydroxylation is 1. The van der Waals surface area contributed by atoms with Gasteiger partial charge >= 0.3 is 5.82 Å². The van der Waals surface area contributed by atoms with Gasteiger partial charge in [0.25, 0.3) is 0 Å². The average Bonchev–Trinajstić information content (AvgIpc) is 3.01. The van der Waals surface area contributed by atoms with E-state index in [0.717, 1.165) is 11.5 Å². The maximum atomic E-state index is 2.33. The molecule has 2 nitrogen and oxygen atoms in total. The lowest BCUT2D eigenvalue weighted by Crippen LogP contribution is -2.44. The van der Waals surface area contributed by atoms with Crippen LogP contribution in [0.4, 0.5) is 0 Å². The Kier molecular flexibility index (Phi) is 5.71. The van der Waals surface area contributed by atoms with Gasteiger partial charge in [-0.1, -0.05) is 91.0 Å². The summed E-state index contributed by atoms with van der Waals surface area (Å²) < 4.78 is 4.62. The summed E-state index contributed by atoms with van der Waals surface area (Å²) in [5, 5.41) is 2.47. The van der Waals surface area contributed by atoms with E-state index < -0.39 is 0 Å². The van der Waals surface area contributed by atoms with Crippen LogP contribution in [0.25, 0.3) is 55.6 Å². The van der Waals surface area contributed by atoms with Crippen molar-refractivity contribution in [3.05, 3.63) is 157 Å². The fourth-order valence-corrected chi connectivity index (χ4v) is 5.59. The predicted octanol–water partition coefficient (Wildman–Crippen LogP) is 8.16. The third-order valence-electron chi connectivity index (χ3n) is 7.55. The molecule has 7 aromatic rings. The van der Waals surface area contributed by atoms with Crippen molar-refractivity contribution >= 4 is 16.3 Å². The van der Waals surface area contributed by atoms with Crippen LogP contribution in [-0.4, -0.2) is 0 Å². The highest BCUT2D eigenvalue weighted by atomic mass is 15.1. The van der Waals surface area contributed by atoms with Gasteiger partial charge < -0.3 is 0 Å². The van der Waals surface area contributed by atoms with Crippen LogP contribution in [0.5, 0.6) is 0 Å². The Bertz CT molecular complexity index is 1960. The lowest BCUT2D eigenvalue weighted by atomic mass is 9.96. The molecule has 39 heavy (non-hydrogen) atoms. The van der Waals surface area contributed by atoms with Gasteiger partial charge in [0.2, 0.25) is 11.2 Å². The first kappa shape index (κ1) is 23.1. The largest absolute Gasteiger partial charge is 0.456 e. The first-order chi connectivity index (χ1) is 19.3. The van der Waals surface area contributed by atoms with Crippen molar-refractivity contribution in [1.29, 1.82) is 0 Å². The molecule has 0 bridgehead atoms. The minimum Gasteiger partial charge on any atom is -0.103 e. The normalized spacial score (nSPS) is 11.2. The Labute approximate surface area is 228 Å². The van der Waals surface area contributed by atoms with Gasteiger partial charge in [-0.2, -0.15) is 0 Å². The Morgan fingerprint density at radius 1 is 0.487 bits per heavy atom. The third-order valence-corrected chi connectivity index (χ3v) is 7.55.